The van der Waals surface area contributed by atoms with Gasteiger partial charge < -0.3 is 4.42 Å². The number of hydrogen-bond donors (Lipinski definition) is 0. The molecule has 2 heteroatoms. The summed E-state index contributed by atoms with van der Waals surface area (Å²) in [6.45, 7) is 3.86. The number of Topliss-reactive ketones (excluding diaryl/α,β-unsaturated/α-hetero) is 1. The fourth-order valence-electron chi connectivity index (χ4n) is 1.53. The molecule has 0 amide bonds. The third-order valence-electron chi connectivity index (χ3n) is 2.54. The van der Waals surface area contributed by atoms with Crippen LogP contribution in [0.15, 0.2) is 34.9 Å². The minimum absolute atomic E-state index is 0.102. The fraction of sp³-hybridized carbons (Fsp3) is 0.308. The van der Waals surface area contributed by atoms with Crippen molar-refractivity contribution in [3.8, 4) is 0 Å². The quantitative estimate of drug-likeness (QED) is 0.765. The lowest BCUT2D eigenvalue weighted by atomic mass is 10.0. The van der Waals surface area contributed by atoms with Crippen LogP contribution in [0.1, 0.15) is 19.4 Å². The second-order valence-corrected chi connectivity index (χ2v) is 4.09. The molecule has 0 spiro atoms. The fourth-order valence-corrected chi connectivity index (χ4v) is 1.53. The Morgan fingerprint density at radius 3 is 2.87 bits per heavy atom. The van der Waals surface area contributed by atoms with Gasteiger partial charge in [-0.25, -0.2) is 0 Å². The Kier molecular flexibility index (Phi) is 2.58. The molecule has 0 aliphatic rings. The van der Waals surface area contributed by atoms with Crippen LogP contribution in [0.2, 0.25) is 0 Å². The summed E-state index contributed by atoms with van der Waals surface area (Å²) < 4.78 is 5.24. The van der Waals surface area contributed by atoms with Gasteiger partial charge in [-0.1, -0.05) is 19.9 Å². The zero-order valence-corrected chi connectivity index (χ0v) is 8.99. The second kappa shape index (κ2) is 3.89. The number of hydrogen-bond acceptors (Lipinski definition) is 2. The predicted molar refractivity (Wildman–Crippen MR) is 59.8 cm³/mol. The van der Waals surface area contributed by atoms with Gasteiger partial charge in [0.05, 0.1) is 6.26 Å². The largest absolute Gasteiger partial charge is 0.464 e. The summed E-state index contributed by atoms with van der Waals surface area (Å²) in [5.74, 6) is 0.378. The lowest BCUT2D eigenvalue weighted by molar-refractivity contribution is -0.121. The van der Waals surface area contributed by atoms with E-state index in [0.717, 1.165) is 16.5 Å². The molecule has 0 aliphatic heterocycles. The summed E-state index contributed by atoms with van der Waals surface area (Å²) in [6, 6.07) is 7.79. The number of fused-ring (bicyclic) bond motifs is 1. The van der Waals surface area contributed by atoms with Crippen molar-refractivity contribution >= 4 is 16.8 Å². The van der Waals surface area contributed by atoms with Crippen molar-refractivity contribution in [2.75, 3.05) is 0 Å². The van der Waals surface area contributed by atoms with E-state index in [-0.39, 0.29) is 11.7 Å². The van der Waals surface area contributed by atoms with Crippen LogP contribution in [-0.4, -0.2) is 5.78 Å². The van der Waals surface area contributed by atoms with Gasteiger partial charge in [0.2, 0.25) is 0 Å². The van der Waals surface area contributed by atoms with Crippen LogP contribution in [0.3, 0.4) is 0 Å². The minimum atomic E-state index is 0.102. The van der Waals surface area contributed by atoms with Gasteiger partial charge >= 0.3 is 0 Å². The Labute approximate surface area is 88.9 Å². The van der Waals surface area contributed by atoms with Crippen LogP contribution < -0.4 is 0 Å². The second-order valence-electron chi connectivity index (χ2n) is 4.09. The molecular formula is C13H14O2. The van der Waals surface area contributed by atoms with E-state index in [1.54, 1.807) is 6.26 Å². The van der Waals surface area contributed by atoms with E-state index in [9.17, 15) is 4.79 Å². The van der Waals surface area contributed by atoms with Gasteiger partial charge in [0.1, 0.15) is 11.4 Å². The topological polar surface area (TPSA) is 30.2 Å². The van der Waals surface area contributed by atoms with Crippen molar-refractivity contribution in [1.82, 2.24) is 0 Å². The van der Waals surface area contributed by atoms with E-state index in [1.165, 1.54) is 0 Å². The Bertz CT molecular complexity index is 480. The van der Waals surface area contributed by atoms with Crippen LogP contribution >= 0.6 is 0 Å². The highest BCUT2D eigenvalue weighted by atomic mass is 16.3. The van der Waals surface area contributed by atoms with Crippen LogP contribution in [-0.2, 0) is 11.2 Å². The molecule has 0 atom stereocenters. The van der Waals surface area contributed by atoms with Gasteiger partial charge in [0.15, 0.2) is 0 Å². The van der Waals surface area contributed by atoms with Crippen LogP contribution in [0.4, 0.5) is 0 Å². The number of furan rings is 1. The molecule has 1 aromatic carbocycles. The first-order valence-electron chi connectivity index (χ1n) is 5.15. The highest BCUT2D eigenvalue weighted by Gasteiger charge is 2.08. The van der Waals surface area contributed by atoms with Gasteiger partial charge in [-0.15, -0.1) is 0 Å². The molecule has 78 valence electrons. The Hall–Kier alpha value is -1.57. The van der Waals surface area contributed by atoms with E-state index in [2.05, 4.69) is 0 Å². The Morgan fingerprint density at radius 2 is 2.13 bits per heavy atom. The average Bonchev–Trinajstić information content (AvgIpc) is 2.64. The van der Waals surface area contributed by atoms with E-state index in [4.69, 9.17) is 4.42 Å². The first kappa shape index (κ1) is 9.97. The molecule has 2 nitrogen and oxygen atoms in total. The number of carbonyl (C=O) groups excluding carboxylic acids is 1. The Morgan fingerprint density at radius 1 is 1.33 bits per heavy atom. The molecule has 1 aromatic heterocycles. The molecule has 0 bridgehead atoms. The lowest BCUT2D eigenvalue weighted by Gasteiger charge is -2.03. The van der Waals surface area contributed by atoms with Crippen LogP contribution in [0.25, 0.3) is 11.0 Å². The monoisotopic (exact) mass is 202 g/mol. The zero-order chi connectivity index (χ0) is 10.8. The molecule has 0 aliphatic carbocycles. The van der Waals surface area contributed by atoms with Gasteiger partial charge in [-0.2, -0.15) is 0 Å². The van der Waals surface area contributed by atoms with Crippen molar-refractivity contribution in [2.45, 2.75) is 20.3 Å². The van der Waals surface area contributed by atoms with Crippen molar-refractivity contribution < 1.29 is 9.21 Å². The van der Waals surface area contributed by atoms with E-state index < -0.39 is 0 Å². The molecule has 0 fully saturated rings. The van der Waals surface area contributed by atoms with Gasteiger partial charge in [0.25, 0.3) is 0 Å². The van der Waals surface area contributed by atoms with E-state index >= 15 is 0 Å². The summed E-state index contributed by atoms with van der Waals surface area (Å²) in [7, 11) is 0. The van der Waals surface area contributed by atoms with Gasteiger partial charge in [-0.05, 0) is 23.8 Å². The van der Waals surface area contributed by atoms with E-state index in [1.807, 2.05) is 38.1 Å². The van der Waals surface area contributed by atoms with Crippen LogP contribution in [0.5, 0.6) is 0 Å². The standard InChI is InChI=1S/C13H14O2/c1-9(2)12(14)8-10-3-4-13-11(7-10)5-6-15-13/h3-7,9H,8H2,1-2H3. The molecule has 0 unspecified atom stereocenters. The number of carbonyl (C=O) groups is 1. The normalized spacial score (nSPS) is 11.1. The highest BCUT2D eigenvalue weighted by Crippen LogP contribution is 2.17. The minimum Gasteiger partial charge on any atom is -0.464 e. The molecule has 0 radical (unpaired) electrons. The predicted octanol–water partition coefficient (Wildman–Crippen LogP) is 3.20. The summed E-state index contributed by atoms with van der Waals surface area (Å²) in [5.41, 5.74) is 1.93. The third kappa shape index (κ3) is 2.09. The number of rotatable bonds is 3. The van der Waals surface area contributed by atoms with Crippen LogP contribution in [0, 0.1) is 5.92 Å². The summed E-state index contributed by atoms with van der Waals surface area (Å²) in [4.78, 5) is 11.6. The number of ketones is 1. The number of benzene rings is 1. The first-order valence-corrected chi connectivity index (χ1v) is 5.15. The van der Waals surface area contributed by atoms with Gasteiger partial charge in [-0.3, -0.25) is 4.79 Å². The van der Waals surface area contributed by atoms with Gasteiger partial charge in [0, 0.05) is 17.7 Å². The highest BCUT2D eigenvalue weighted by molar-refractivity contribution is 5.84. The molecule has 2 rings (SSSR count). The molecule has 0 saturated heterocycles. The first-order chi connectivity index (χ1) is 7.16. The summed E-state index contributed by atoms with van der Waals surface area (Å²) in [6.07, 6.45) is 2.18. The summed E-state index contributed by atoms with van der Waals surface area (Å²) >= 11 is 0. The lowest BCUT2D eigenvalue weighted by Crippen LogP contribution is -2.09. The SMILES string of the molecule is CC(C)C(=O)Cc1ccc2occc2c1. The molecule has 2 aromatic rings. The molecule has 1 heterocycles. The maximum atomic E-state index is 11.6. The van der Waals surface area contributed by atoms with Crippen molar-refractivity contribution in [1.29, 1.82) is 0 Å². The third-order valence-corrected chi connectivity index (χ3v) is 2.54. The van der Waals surface area contributed by atoms with Crippen molar-refractivity contribution in [2.24, 2.45) is 5.92 Å². The van der Waals surface area contributed by atoms with E-state index in [0.29, 0.717) is 6.42 Å². The molecular weight excluding hydrogens is 188 g/mol. The van der Waals surface area contributed by atoms with Crippen molar-refractivity contribution in [3.05, 3.63) is 36.1 Å². The summed E-state index contributed by atoms with van der Waals surface area (Å²) in [5, 5.41) is 1.06. The Balaban J connectivity index is 2.25. The average molecular weight is 202 g/mol. The maximum absolute atomic E-state index is 11.6. The molecule has 0 saturated carbocycles. The van der Waals surface area contributed by atoms with Crippen molar-refractivity contribution in [3.63, 3.8) is 0 Å². The smallest absolute Gasteiger partial charge is 0.139 e. The molecule has 15 heavy (non-hydrogen) atoms. The molecule has 0 N–H and O–H groups in total. The zero-order valence-electron chi connectivity index (χ0n) is 8.99. The maximum Gasteiger partial charge on any atom is 0.139 e.